The number of nitrogens with zero attached hydrogens (tertiary/aromatic N) is 3. The first-order valence-corrected chi connectivity index (χ1v) is 8.34. The quantitative estimate of drug-likeness (QED) is 0.264. The average molecular weight is 394 g/mol. The number of para-hydroxylation sites is 1. The van der Waals surface area contributed by atoms with Crippen LogP contribution in [0.5, 0.6) is 5.88 Å². The van der Waals surface area contributed by atoms with E-state index in [9.17, 15) is 5.11 Å². The molecule has 25 heavy (non-hydrogen) atoms. The summed E-state index contributed by atoms with van der Waals surface area (Å²) in [6.45, 7) is 0.278. The fraction of sp³-hybridized carbons (Fsp3) is 0.0625. The topological polar surface area (TPSA) is 87.9 Å². The smallest absolute Gasteiger partial charge is 0.227 e. The number of hydrogen-bond donors (Lipinski definition) is 3. The molecule has 0 aliphatic carbocycles. The molecule has 3 aromatic rings. The highest BCUT2D eigenvalue weighted by Crippen LogP contribution is 2.40. The van der Waals surface area contributed by atoms with Crippen molar-refractivity contribution in [3.8, 4) is 5.88 Å². The Labute approximate surface area is 158 Å². The van der Waals surface area contributed by atoms with Crippen molar-refractivity contribution in [1.29, 1.82) is 0 Å². The van der Waals surface area contributed by atoms with E-state index in [0.29, 0.717) is 21.0 Å². The summed E-state index contributed by atoms with van der Waals surface area (Å²) < 4.78 is 1.66. The van der Waals surface area contributed by atoms with Gasteiger partial charge in [0.2, 0.25) is 11.0 Å². The number of nitrogens with one attached hydrogen (secondary N) is 1. The molecule has 0 atom stereocenters. The van der Waals surface area contributed by atoms with E-state index in [2.05, 4.69) is 15.7 Å². The lowest BCUT2D eigenvalue weighted by molar-refractivity contribution is 0.429. The molecule has 128 valence electrons. The van der Waals surface area contributed by atoms with Crippen molar-refractivity contribution < 1.29 is 5.11 Å². The van der Waals surface area contributed by atoms with Crippen LogP contribution in [-0.2, 0) is 6.54 Å². The van der Waals surface area contributed by atoms with Gasteiger partial charge < -0.3 is 9.67 Å². The minimum atomic E-state index is -0.0687. The van der Waals surface area contributed by atoms with Gasteiger partial charge in [-0.15, -0.1) is 10.2 Å². The molecule has 0 unspecified atom stereocenters. The Morgan fingerprint density at radius 2 is 1.84 bits per heavy atom. The van der Waals surface area contributed by atoms with Crippen LogP contribution in [0.25, 0.3) is 10.9 Å². The molecule has 0 saturated heterocycles. The number of benzene rings is 2. The minimum Gasteiger partial charge on any atom is -0.493 e. The van der Waals surface area contributed by atoms with Crippen molar-refractivity contribution in [3.05, 3.63) is 58.1 Å². The van der Waals surface area contributed by atoms with Crippen LogP contribution in [0.15, 0.2) is 52.7 Å². The Balaban J connectivity index is 2.14. The predicted octanol–water partition coefficient (Wildman–Crippen LogP) is 4.53. The van der Waals surface area contributed by atoms with Gasteiger partial charge in [-0.25, -0.2) is 5.84 Å². The van der Waals surface area contributed by atoms with Crippen LogP contribution in [0.1, 0.15) is 5.56 Å². The van der Waals surface area contributed by atoms with Crippen molar-refractivity contribution in [3.63, 3.8) is 0 Å². The zero-order chi connectivity index (χ0) is 18.0. The van der Waals surface area contributed by atoms with Crippen molar-refractivity contribution >= 4 is 57.1 Å². The zero-order valence-electron chi connectivity index (χ0n) is 12.8. The van der Waals surface area contributed by atoms with Gasteiger partial charge in [-0.2, -0.15) is 0 Å². The van der Waals surface area contributed by atoms with Crippen molar-refractivity contribution in [1.82, 2.24) is 9.99 Å². The Bertz CT molecular complexity index is 966. The summed E-state index contributed by atoms with van der Waals surface area (Å²) in [5.74, 6) is 5.12. The summed E-state index contributed by atoms with van der Waals surface area (Å²) in [6.07, 6.45) is 0. The Hall–Kier alpha value is -2.19. The normalized spacial score (nSPS) is 11.3. The maximum absolute atomic E-state index is 10.7. The number of aromatic nitrogens is 1. The number of nitrogens with two attached hydrogens (primary N) is 1. The molecule has 9 heteroatoms. The van der Waals surface area contributed by atoms with Crippen LogP contribution < -0.4 is 11.3 Å². The third-order valence-electron chi connectivity index (χ3n) is 3.66. The number of hydrogen-bond acceptors (Lipinski definition) is 4. The first-order valence-electron chi connectivity index (χ1n) is 7.18. The molecular weight excluding hydrogens is 381 g/mol. The summed E-state index contributed by atoms with van der Waals surface area (Å²) in [4.78, 5) is 0. The summed E-state index contributed by atoms with van der Waals surface area (Å²) >= 11 is 17.3. The van der Waals surface area contributed by atoms with Gasteiger partial charge in [0.25, 0.3) is 0 Å². The third kappa shape index (κ3) is 3.45. The minimum absolute atomic E-state index is 0.00498. The van der Waals surface area contributed by atoms with E-state index in [0.717, 1.165) is 5.52 Å². The maximum atomic E-state index is 10.7. The molecule has 0 radical (unpaired) electrons. The molecule has 0 aliphatic heterocycles. The first kappa shape index (κ1) is 17.6. The van der Waals surface area contributed by atoms with Gasteiger partial charge in [0.05, 0.1) is 12.1 Å². The number of aromatic hydroxyl groups is 1. The van der Waals surface area contributed by atoms with Crippen LogP contribution in [0.4, 0.5) is 5.69 Å². The number of rotatable bonds is 3. The Morgan fingerprint density at radius 1 is 1.16 bits per heavy atom. The van der Waals surface area contributed by atoms with Gasteiger partial charge in [-0.05, 0) is 30.4 Å². The summed E-state index contributed by atoms with van der Waals surface area (Å²) in [5.41, 5.74) is 3.96. The second kappa shape index (κ2) is 7.37. The average Bonchev–Trinajstić information content (AvgIpc) is 2.87. The molecule has 0 spiro atoms. The first-order chi connectivity index (χ1) is 12.0. The molecule has 1 aromatic heterocycles. The molecule has 0 aliphatic rings. The lowest BCUT2D eigenvalue weighted by atomic mass is 10.2. The fourth-order valence-electron chi connectivity index (χ4n) is 2.50. The van der Waals surface area contributed by atoms with E-state index in [1.165, 1.54) is 0 Å². The highest BCUT2D eigenvalue weighted by atomic mass is 35.5. The van der Waals surface area contributed by atoms with E-state index in [1.54, 1.807) is 22.8 Å². The van der Waals surface area contributed by atoms with Crippen LogP contribution in [0.3, 0.4) is 0 Å². The van der Waals surface area contributed by atoms with Crippen molar-refractivity contribution in [2.45, 2.75) is 6.54 Å². The molecule has 0 saturated carbocycles. The van der Waals surface area contributed by atoms with Crippen molar-refractivity contribution in [2.24, 2.45) is 16.1 Å². The van der Waals surface area contributed by atoms with E-state index >= 15 is 0 Å². The number of thiocarbonyl (C=S) groups is 1. The molecule has 3 rings (SSSR count). The van der Waals surface area contributed by atoms with E-state index < -0.39 is 0 Å². The van der Waals surface area contributed by atoms with Gasteiger partial charge in [-0.3, -0.25) is 5.43 Å². The lowest BCUT2D eigenvalue weighted by Gasteiger charge is -2.10. The van der Waals surface area contributed by atoms with Gasteiger partial charge in [0, 0.05) is 21.0 Å². The maximum Gasteiger partial charge on any atom is 0.227 e. The van der Waals surface area contributed by atoms with Crippen LogP contribution in [0, 0.1) is 0 Å². The van der Waals surface area contributed by atoms with Crippen LogP contribution in [0.2, 0.25) is 10.0 Å². The molecule has 1 heterocycles. The second-order valence-electron chi connectivity index (χ2n) is 5.13. The van der Waals surface area contributed by atoms with Gasteiger partial charge >= 0.3 is 0 Å². The highest BCUT2D eigenvalue weighted by molar-refractivity contribution is 7.80. The standard InChI is InChI=1S/C16H13Cl2N5OS/c17-11-5-3-6-12(18)10(11)8-23-13-7-2-1-4-9(13)14(15(23)24)21-22-16(25)20-19/h1-7,24H,8,19H2,(H,20,25). The number of fused-ring (bicyclic) bond motifs is 1. The molecule has 2 aromatic carbocycles. The van der Waals surface area contributed by atoms with E-state index in [1.807, 2.05) is 24.3 Å². The number of azo groups is 1. The van der Waals surface area contributed by atoms with Gasteiger partial charge in [0.1, 0.15) is 0 Å². The number of halogens is 2. The fourth-order valence-corrected chi connectivity index (χ4v) is 3.05. The lowest BCUT2D eigenvalue weighted by Crippen LogP contribution is -2.26. The monoisotopic (exact) mass is 393 g/mol. The van der Waals surface area contributed by atoms with E-state index in [-0.39, 0.29) is 23.2 Å². The van der Waals surface area contributed by atoms with Crippen LogP contribution >= 0.6 is 35.4 Å². The summed E-state index contributed by atoms with van der Waals surface area (Å²) in [7, 11) is 0. The summed E-state index contributed by atoms with van der Waals surface area (Å²) in [5, 5.41) is 20.2. The largest absolute Gasteiger partial charge is 0.493 e. The van der Waals surface area contributed by atoms with Crippen molar-refractivity contribution in [2.75, 3.05) is 0 Å². The Kier molecular flexibility index (Phi) is 5.19. The van der Waals surface area contributed by atoms with Crippen LogP contribution in [-0.4, -0.2) is 14.8 Å². The molecular formula is C16H13Cl2N5OS. The molecule has 4 N–H and O–H groups in total. The zero-order valence-corrected chi connectivity index (χ0v) is 15.1. The molecule has 0 bridgehead atoms. The number of hydrazine groups is 1. The van der Waals surface area contributed by atoms with Gasteiger partial charge in [-0.1, -0.05) is 47.5 Å². The highest BCUT2D eigenvalue weighted by Gasteiger charge is 2.18. The van der Waals surface area contributed by atoms with Gasteiger partial charge in [0.15, 0.2) is 5.69 Å². The Morgan fingerprint density at radius 3 is 2.52 bits per heavy atom. The molecule has 0 fully saturated rings. The predicted molar refractivity (Wildman–Crippen MR) is 104 cm³/mol. The second-order valence-corrected chi connectivity index (χ2v) is 6.33. The third-order valence-corrected chi connectivity index (χ3v) is 4.57. The van der Waals surface area contributed by atoms with E-state index in [4.69, 9.17) is 41.3 Å². The molecule has 0 amide bonds. The molecule has 6 nitrogen and oxygen atoms in total. The summed E-state index contributed by atoms with van der Waals surface area (Å²) in [6, 6.07) is 12.6. The SMILES string of the molecule is NNC(=S)N=Nc1c(O)n(Cc2c(Cl)cccc2Cl)c2ccccc12.